The minimum atomic E-state index is -1.56. The zero-order valence-electron chi connectivity index (χ0n) is 20.0. The van der Waals surface area contributed by atoms with Gasteiger partial charge in [-0.15, -0.1) is 0 Å². The van der Waals surface area contributed by atoms with Crippen LogP contribution in [0.5, 0.6) is 0 Å². The molecule has 0 aliphatic carbocycles. The van der Waals surface area contributed by atoms with E-state index in [1.54, 1.807) is 0 Å². The molecule has 0 aromatic rings. The lowest BCUT2D eigenvalue weighted by atomic mass is 9.92. The van der Waals surface area contributed by atoms with Crippen LogP contribution < -0.4 is 21.7 Å². The second-order valence-corrected chi connectivity index (χ2v) is 9.07. The van der Waals surface area contributed by atoms with Gasteiger partial charge >= 0.3 is 0 Å². The number of primary amides is 1. The molecule has 1 aliphatic heterocycles. The molecule has 34 heavy (non-hydrogen) atoms. The van der Waals surface area contributed by atoms with Gasteiger partial charge in [-0.3, -0.25) is 24.0 Å². The summed E-state index contributed by atoms with van der Waals surface area (Å²) in [6.07, 6.45) is -2.63. The minimum absolute atomic E-state index is 0.0167. The Labute approximate surface area is 197 Å². The summed E-state index contributed by atoms with van der Waals surface area (Å²) >= 11 is 0. The summed E-state index contributed by atoms with van der Waals surface area (Å²) < 4.78 is 5.08. The number of ether oxygens (including phenoxy) is 1. The smallest absolute Gasteiger partial charge is 0.245 e. The number of carbonyl (C=O) groups excluding carboxylic acids is 5. The first-order valence-electron chi connectivity index (χ1n) is 11.0. The number of nitrogens with one attached hydrogen (secondary N) is 3. The molecule has 0 spiro atoms. The van der Waals surface area contributed by atoms with E-state index in [1.165, 1.54) is 20.8 Å². The second kappa shape index (κ2) is 12.2. The van der Waals surface area contributed by atoms with Crippen molar-refractivity contribution in [2.45, 2.75) is 77.0 Å². The van der Waals surface area contributed by atoms with Crippen LogP contribution in [0.2, 0.25) is 0 Å². The SMILES string of the molecule is CC(C)CC(NC(=O)[C@@H](NC(=O)[C@@H](NC(=O)[C@@H](C)C(N)=O)[C@@H](C)O)[C@@H](C)O)C(=O)C1(CO)CO1. The molecule has 0 bridgehead atoms. The summed E-state index contributed by atoms with van der Waals surface area (Å²) in [6, 6.07) is -4.16. The van der Waals surface area contributed by atoms with Crippen molar-refractivity contribution in [2.24, 2.45) is 17.6 Å². The molecule has 7 atom stereocenters. The summed E-state index contributed by atoms with van der Waals surface area (Å²) in [5.74, 6) is -5.58. The van der Waals surface area contributed by atoms with Crippen LogP contribution in [0, 0.1) is 11.8 Å². The van der Waals surface area contributed by atoms with Gasteiger partial charge in [-0.25, -0.2) is 0 Å². The summed E-state index contributed by atoms with van der Waals surface area (Å²) in [7, 11) is 0. The highest BCUT2D eigenvalue weighted by molar-refractivity contribution is 6.02. The Balaban J connectivity index is 3.00. The summed E-state index contributed by atoms with van der Waals surface area (Å²) in [5.41, 5.74) is 3.69. The van der Waals surface area contributed by atoms with Crippen molar-refractivity contribution in [3.05, 3.63) is 0 Å². The number of hydrogen-bond acceptors (Lipinski definition) is 9. The Morgan fingerprint density at radius 2 is 1.32 bits per heavy atom. The Kier molecular flexibility index (Phi) is 10.6. The molecule has 0 radical (unpaired) electrons. The van der Waals surface area contributed by atoms with E-state index >= 15 is 0 Å². The standard InChI is InChI=1S/C21H36N4O9/c1-9(2)6-13(16(29)21(7-26)8-34-21)23-19(32)14(11(4)27)25-20(33)15(12(5)28)24-18(31)10(3)17(22)30/h9-15,26-28H,6-8H2,1-5H3,(H2,22,30)(H,23,32)(H,24,31)(H,25,33)/t10-,11+,12+,13?,14-,15-,21?/m0/s1. The molecule has 0 aromatic carbocycles. The van der Waals surface area contributed by atoms with Gasteiger partial charge < -0.3 is 41.7 Å². The number of rotatable bonds is 14. The fourth-order valence-corrected chi connectivity index (χ4v) is 3.14. The molecule has 13 nitrogen and oxygen atoms in total. The van der Waals surface area contributed by atoms with E-state index in [9.17, 15) is 39.3 Å². The number of aliphatic hydroxyl groups is 3. The van der Waals surface area contributed by atoms with Gasteiger partial charge in [0.05, 0.1) is 31.5 Å². The lowest BCUT2D eigenvalue weighted by Crippen LogP contribution is -2.62. The topological polar surface area (TPSA) is 221 Å². The van der Waals surface area contributed by atoms with Gasteiger partial charge in [-0.2, -0.15) is 0 Å². The highest BCUT2D eigenvalue weighted by Gasteiger charge is 2.54. The number of Topliss-reactive ketones (excluding diaryl/α,β-unsaturated/α-hetero) is 1. The number of amides is 4. The molecule has 1 aliphatic rings. The Hall–Kier alpha value is -2.61. The Morgan fingerprint density at radius 1 is 0.882 bits per heavy atom. The zero-order chi connectivity index (χ0) is 26.4. The second-order valence-electron chi connectivity index (χ2n) is 9.07. The summed E-state index contributed by atoms with van der Waals surface area (Å²) in [4.78, 5) is 61.8. The van der Waals surface area contributed by atoms with E-state index < -0.39 is 77.9 Å². The Morgan fingerprint density at radius 3 is 1.68 bits per heavy atom. The zero-order valence-corrected chi connectivity index (χ0v) is 20.0. The number of ketones is 1. The first-order valence-corrected chi connectivity index (χ1v) is 11.0. The van der Waals surface area contributed by atoms with Crippen molar-refractivity contribution in [1.29, 1.82) is 0 Å². The van der Waals surface area contributed by atoms with Crippen LogP contribution in [0.15, 0.2) is 0 Å². The molecule has 13 heteroatoms. The van der Waals surface area contributed by atoms with E-state index in [4.69, 9.17) is 10.5 Å². The lowest BCUT2D eigenvalue weighted by molar-refractivity contribution is -0.139. The van der Waals surface area contributed by atoms with E-state index in [0.29, 0.717) is 0 Å². The lowest BCUT2D eigenvalue weighted by Gasteiger charge is -2.28. The molecule has 8 N–H and O–H groups in total. The molecule has 4 amide bonds. The maximum atomic E-state index is 12.9. The maximum absolute atomic E-state index is 12.9. The van der Waals surface area contributed by atoms with Gasteiger partial charge in [0.25, 0.3) is 0 Å². The number of aliphatic hydroxyl groups excluding tert-OH is 3. The first kappa shape index (κ1) is 29.4. The van der Waals surface area contributed by atoms with Gasteiger partial charge in [0.1, 0.15) is 18.0 Å². The van der Waals surface area contributed by atoms with Crippen molar-refractivity contribution in [3.63, 3.8) is 0 Å². The van der Waals surface area contributed by atoms with Crippen molar-refractivity contribution in [1.82, 2.24) is 16.0 Å². The largest absolute Gasteiger partial charge is 0.393 e. The van der Waals surface area contributed by atoms with Crippen LogP contribution in [0.3, 0.4) is 0 Å². The average Bonchev–Trinajstić information content (AvgIpc) is 3.54. The monoisotopic (exact) mass is 488 g/mol. The van der Waals surface area contributed by atoms with Crippen LogP contribution in [0.4, 0.5) is 0 Å². The molecule has 1 rings (SSSR count). The molecule has 1 saturated heterocycles. The van der Waals surface area contributed by atoms with Crippen LogP contribution in [0.1, 0.15) is 41.0 Å². The van der Waals surface area contributed by atoms with Gasteiger partial charge in [-0.1, -0.05) is 13.8 Å². The third kappa shape index (κ3) is 7.72. The van der Waals surface area contributed by atoms with Crippen LogP contribution >= 0.6 is 0 Å². The molecule has 0 saturated carbocycles. The first-order chi connectivity index (χ1) is 15.7. The predicted molar refractivity (Wildman–Crippen MR) is 118 cm³/mol. The summed E-state index contributed by atoms with van der Waals surface area (Å²) in [5, 5.41) is 36.5. The molecular weight excluding hydrogens is 452 g/mol. The third-order valence-electron chi connectivity index (χ3n) is 5.48. The van der Waals surface area contributed by atoms with Crippen LogP contribution in [-0.4, -0.2) is 93.9 Å². The van der Waals surface area contributed by atoms with Crippen molar-refractivity contribution in [3.8, 4) is 0 Å². The van der Waals surface area contributed by atoms with E-state index in [2.05, 4.69) is 16.0 Å². The van der Waals surface area contributed by atoms with E-state index in [-0.39, 0.29) is 18.9 Å². The Bertz CT molecular complexity index is 780. The number of epoxide rings is 1. The maximum Gasteiger partial charge on any atom is 0.245 e. The molecule has 2 unspecified atom stereocenters. The van der Waals surface area contributed by atoms with Gasteiger partial charge in [-0.05, 0) is 33.1 Å². The van der Waals surface area contributed by atoms with Crippen molar-refractivity contribution in [2.75, 3.05) is 13.2 Å². The molecule has 194 valence electrons. The number of nitrogens with two attached hydrogens (primary N) is 1. The molecular formula is C21H36N4O9. The van der Waals surface area contributed by atoms with Gasteiger partial charge in [0.2, 0.25) is 23.6 Å². The quantitative estimate of drug-likeness (QED) is 0.0959. The van der Waals surface area contributed by atoms with Gasteiger partial charge in [0, 0.05) is 0 Å². The molecule has 0 aromatic heterocycles. The van der Waals surface area contributed by atoms with Crippen LogP contribution in [-0.2, 0) is 28.7 Å². The molecule has 1 fully saturated rings. The van der Waals surface area contributed by atoms with Crippen LogP contribution in [0.25, 0.3) is 0 Å². The number of hydrogen-bond donors (Lipinski definition) is 7. The number of carbonyl (C=O) groups is 5. The fraction of sp³-hybridized carbons (Fsp3) is 0.762. The van der Waals surface area contributed by atoms with Crippen molar-refractivity contribution >= 4 is 29.4 Å². The molecule has 1 heterocycles. The highest BCUT2D eigenvalue weighted by Crippen LogP contribution is 2.30. The van der Waals surface area contributed by atoms with Gasteiger partial charge in [0.15, 0.2) is 11.4 Å². The fourth-order valence-electron chi connectivity index (χ4n) is 3.14. The highest BCUT2D eigenvalue weighted by atomic mass is 16.6. The average molecular weight is 489 g/mol. The van der Waals surface area contributed by atoms with E-state index in [0.717, 1.165) is 0 Å². The third-order valence-corrected chi connectivity index (χ3v) is 5.48. The minimum Gasteiger partial charge on any atom is -0.393 e. The normalized spacial score (nSPS) is 22.5. The predicted octanol–water partition coefficient (Wildman–Crippen LogP) is -3.30. The summed E-state index contributed by atoms with van der Waals surface area (Å²) in [6.45, 7) is 6.77. The van der Waals surface area contributed by atoms with Crippen molar-refractivity contribution < 1.29 is 44.0 Å². The van der Waals surface area contributed by atoms with E-state index in [1.807, 2.05) is 13.8 Å².